The molecule has 1 aromatic carbocycles. The van der Waals surface area contributed by atoms with E-state index in [0.717, 1.165) is 5.56 Å². The molecule has 0 unspecified atom stereocenters. The molecule has 0 aliphatic heterocycles. The van der Waals surface area contributed by atoms with Crippen LogP contribution in [-0.4, -0.2) is 47.6 Å². The first-order chi connectivity index (χ1) is 12.6. The summed E-state index contributed by atoms with van der Waals surface area (Å²) in [5.41, 5.74) is 1.42. The summed E-state index contributed by atoms with van der Waals surface area (Å²) in [5.74, 6) is -1.15. The molecule has 1 aromatic heterocycles. The van der Waals surface area contributed by atoms with Crippen LogP contribution in [0, 0.1) is 0 Å². The second-order valence-electron chi connectivity index (χ2n) is 5.32. The molecule has 0 spiro atoms. The number of aromatic amines is 1. The number of benzene rings is 1. The van der Waals surface area contributed by atoms with Gasteiger partial charge in [-0.15, -0.1) is 0 Å². The predicted octanol–water partition coefficient (Wildman–Crippen LogP) is 0.536. The summed E-state index contributed by atoms with van der Waals surface area (Å²) < 4.78 is 9.67. The van der Waals surface area contributed by atoms with E-state index in [1.54, 1.807) is 6.20 Å². The predicted molar refractivity (Wildman–Crippen MR) is 90.9 cm³/mol. The molecule has 0 aliphatic carbocycles. The van der Waals surface area contributed by atoms with Gasteiger partial charge in [0.25, 0.3) is 0 Å². The summed E-state index contributed by atoms with van der Waals surface area (Å²) in [6, 6.07) is 8.24. The number of imidazole rings is 1. The van der Waals surface area contributed by atoms with Gasteiger partial charge < -0.3 is 25.1 Å². The van der Waals surface area contributed by atoms with Crippen LogP contribution in [0.25, 0.3) is 0 Å². The Hall–Kier alpha value is -3.36. The van der Waals surface area contributed by atoms with Crippen LogP contribution in [0.5, 0.6) is 0 Å². The fraction of sp³-hybridized carbons (Fsp3) is 0.294. The van der Waals surface area contributed by atoms with Gasteiger partial charge in [0.2, 0.25) is 5.91 Å². The Morgan fingerprint density at radius 1 is 1.23 bits per heavy atom. The topological polar surface area (TPSA) is 122 Å². The van der Waals surface area contributed by atoms with Gasteiger partial charge >= 0.3 is 12.1 Å². The molecule has 0 saturated heterocycles. The van der Waals surface area contributed by atoms with Crippen LogP contribution in [0.15, 0.2) is 42.9 Å². The van der Waals surface area contributed by atoms with E-state index in [1.165, 1.54) is 13.4 Å². The molecule has 9 heteroatoms. The van der Waals surface area contributed by atoms with Crippen LogP contribution in [0.4, 0.5) is 4.79 Å². The third-order valence-corrected chi connectivity index (χ3v) is 3.40. The zero-order chi connectivity index (χ0) is 18.8. The number of nitrogens with one attached hydrogen (secondary N) is 3. The highest BCUT2D eigenvalue weighted by Crippen LogP contribution is 2.01. The number of aromatic nitrogens is 2. The first kappa shape index (κ1) is 19.0. The van der Waals surface area contributed by atoms with Crippen LogP contribution in [-0.2, 0) is 32.1 Å². The zero-order valence-corrected chi connectivity index (χ0v) is 14.2. The smallest absolute Gasteiger partial charge is 0.407 e. The number of hydrogen-bond acceptors (Lipinski definition) is 6. The van der Waals surface area contributed by atoms with Crippen molar-refractivity contribution in [1.29, 1.82) is 0 Å². The van der Waals surface area contributed by atoms with Crippen molar-refractivity contribution in [3.05, 3.63) is 54.1 Å². The van der Waals surface area contributed by atoms with Crippen LogP contribution < -0.4 is 10.6 Å². The van der Waals surface area contributed by atoms with Gasteiger partial charge in [0, 0.05) is 12.6 Å². The van der Waals surface area contributed by atoms with Crippen molar-refractivity contribution in [2.24, 2.45) is 0 Å². The highest BCUT2D eigenvalue weighted by Gasteiger charge is 2.23. The molecule has 9 nitrogen and oxygen atoms in total. The highest BCUT2D eigenvalue weighted by molar-refractivity contribution is 5.87. The molecule has 0 bridgehead atoms. The van der Waals surface area contributed by atoms with Gasteiger partial charge in [-0.1, -0.05) is 30.3 Å². The van der Waals surface area contributed by atoms with Gasteiger partial charge in [-0.25, -0.2) is 14.6 Å². The second-order valence-corrected chi connectivity index (χ2v) is 5.32. The van der Waals surface area contributed by atoms with Crippen molar-refractivity contribution in [2.45, 2.75) is 19.1 Å². The van der Waals surface area contributed by atoms with E-state index < -0.39 is 24.0 Å². The molecular formula is C17H20N4O5. The van der Waals surface area contributed by atoms with E-state index in [9.17, 15) is 14.4 Å². The maximum absolute atomic E-state index is 12.0. The van der Waals surface area contributed by atoms with Gasteiger partial charge in [-0.3, -0.25) is 4.79 Å². The average Bonchev–Trinajstić information content (AvgIpc) is 3.17. The standard InChI is InChI=1S/C17H20N4O5/c1-25-16(23)14(7-13-8-18-11-20-13)21-15(22)9-19-17(24)26-10-12-5-3-2-4-6-12/h2-6,8,11,14H,7,9-10H2,1H3,(H,18,20)(H,19,24)(H,21,22)/t14-/m0/s1. The van der Waals surface area contributed by atoms with Crippen molar-refractivity contribution in [1.82, 2.24) is 20.6 Å². The second kappa shape index (κ2) is 9.82. The third-order valence-electron chi connectivity index (χ3n) is 3.40. The molecule has 2 aromatic rings. The van der Waals surface area contributed by atoms with E-state index in [1.807, 2.05) is 30.3 Å². The summed E-state index contributed by atoms with van der Waals surface area (Å²) in [4.78, 5) is 42.1. The van der Waals surface area contributed by atoms with Gasteiger partial charge in [0.05, 0.1) is 19.1 Å². The van der Waals surface area contributed by atoms with Gasteiger partial charge in [0.15, 0.2) is 0 Å². The van der Waals surface area contributed by atoms with Gasteiger partial charge in [-0.05, 0) is 5.56 Å². The Morgan fingerprint density at radius 2 is 2.00 bits per heavy atom. The Labute approximate surface area is 150 Å². The Balaban J connectivity index is 1.76. The summed E-state index contributed by atoms with van der Waals surface area (Å²) in [6.07, 6.45) is 2.52. The highest BCUT2D eigenvalue weighted by atomic mass is 16.5. The van der Waals surface area contributed by atoms with Crippen LogP contribution in [0.3, 0.4) is 0 Å². The molecule has 0 radical (unpaired) electrons. The van der Waals surface area contributed by atoms with E-state index in [2.05, 4.69) is 25.3 Å². The molecule has 26 heavy (non-hydrogen) atoms. The Kier molecular flexibility index (Phi) is 7.17. The fourth-order valence-electron chi connectivity index (χ4n) is 2.12. The summed E-state index contributed by atoms with van der Waals surface area (Å²) in [5, 5.41) is 4.82. The number of rotatable bonds is 8. The van der Waals surface area contributed by atoms with Crippen LogP contribution in [0.2, 0.25) is 0 Å². The Morgan fingerprint density at radius 3 is 2.65 bits per heavy atom. The maximum atomic E-state index is 12.0. The SMILES string of the molecule is COC(=O)[C@H](Cc1c[nH]cn1)NC(=O)CNC(=O)OCc1ccccc1. The number of carbonyl (C=O) groups excluding carboxylic acids is 3. The number of nitrogens with zero attached hydrogens (tertiary/aromatic N) is 1. The summed E-state index contributed by atoms with van der Waals surface area (Å²) >= 11 is 0. The first-order valence-electron chi connectivity index (χ1n) is 7.88. The minimum absolute atomic E-state index is 0.0955. The maximum Gasteiger partial charge on any atom is 0.407 e. The van der Waals surface area contributed by atoms with Gasteiger partial charge in [-0.2, -0.15) is 0 Å². The van der Waals surface area contributed by atoms with E-state index >= 15 is 0 Å². The molecular weight excluding hydrogens is 340 g/mol. The lowest BCUT2D eigenvalue weighted by atomic mass is 10.1. The number of hydrogen-bond donors (Lipinski definition) is 3. The molecule has 3 N–H and O–H groups in total. The quantitative estimate of drug-likeness (QED) is 0.591. The molecule has 1 atom stereocenters. The van der Waals surface area contributed by atoms with E-state index in [-0.39, 0.29) is 19.6 Å². The van der Waals surface area contributed by atoms with Crippen molar-refractivity contribution < 1.29 is 23.9 Å². The number of ether oxygens (including phenoxy) is 2. The molecule has 0 fully saturated rings. The lowest BCUT2D eigenvalue weighted by Gasteiger charge is -2.15. The number of esters is 1. The normalized spacial score (nSPS) is 11.3. The van der Waals surface area contributed by atoms with Gasteiger partial charge in [0.1, 0.15) is 19.2 Å². The van der Waals surface area contributed by atoms with Crippen molar-refractivity contribution in [3.63, 3.8) is 0 Å². The monoisotopic (exact) mass is 360 g/mol. The van der Waals surface area contributed by atoms with Crippen molar-refractivity contribution >= 4 is 18.0 Å². The zero-order valence-electron chi connectivity index (χ0n) is 14.2. The molecule has 0 aliphatic rings. The minimum atomic E-state index is -0.905. The fourth-order valence-corrected chi connectivity index (χ4v) is 2.12. The van der Waals surface area contributed by atoms with Crippen molar-refractivity contribution in [2.75, 3.05) is 13.7 Å². The van der Waals surface area contributed by atoms with E-state index in [0.29, 0.717) is 5.69 Å². The number of amides is 2. The minimum Gasteiger partial charge on any atom is -0.467 e. The summed E-state index contributed by atoms with van der Waals surface area (Å²) in [7, 11) is 1.23. The number of alkyl carbamates (subject to hydrolysis) is 1. The molecule has 138 valence electrons. The Bertz CT molecular complexity index is 718. The van der Waals surface area contributed by atoms with Crippen LogP contribution >= 0.6 is 0 Å². The van der Waals surface area contributed by atoms with Crippen LogP contribution in [0.1, 0.15) is 11.3 Å². The lowest BCUT2D eigenvalue weighted by Crippen LogP contribution is -2.47. The largest absolute Gasteiger partial charge is 0.467 e. The molecule has 2 amide bonds. The third kappa shape index (κ3) is 6.27. The molecule has 1 heterocycles. The number of methoxy groups -OCH3 is 1. The van der Waals surface area contributed by atoms with E-state index in [4.69, 9.17) is 4.74 Å². The molecule has 0 saturated carbocycles. The lowest BCUT2D eigenvalue weighted by molar-refractivity contribution is -0.144. The van der Waals surface area contributed by atoms with Crippen molar-refractivity contribution in [3.8, 4) is 0 Å². The number of carbonyl (C=O) groups is 3. The molecule has 2 rings (SSSR count). The summed E-state index contributed by atoms with van der Waals surface area (Å²) in [6.45, 7) is -0.236. The average molecular weight is 360 g/mol. The number of H-pyrrole nitrogens is 1. The first-order valence-corrected chi connectivity index (χ1v) is 7.88.